The Morgan fingerprint density at radius 3 is 2.55 bits per heavy atom. The Balaban J connectivity index is 1.31. The maximum atomic E-state index is 12.9. The molecular weight excluding hydrogens is 373 g/mol. The second kappa shape index (κ2) is 8.60. The average Bonchev–Trinajstić information content (AvgIpc) is 2.75. The second-order valence-corrected chi connectivity index (χ2v) is 6.55. The number of benzene rings is 2. The van der Waals surface area contributed by atoms with Crippen LogP contribution in [0.4, 0.5) is 15.9 Å². The van der Waals surface area contributed by atoms with Crippen LogP contribution in [-0.4, -0.2) is 30.6 Å². The minimum absolute atomic E-state index is 0.203. The van der Waals surface area contributed by atoms with Gasteiger partial charge in [-0.3, -0.25) is 4.79 Å². The topological polar surface area (TPSA) is 72.5 Å². The Morgan fingerprint density at radius 2 is 1.79 bits per heavy atom. The third kappa shape index (κ3) is 4.82. The van der Waals surface area contributed by atoms with Crippen LogP contribution in [0.1, 0.15) is 15.9 Å². The monoisotopic (exact) mass is 393 g/mol. The van der Waals surface area contributed by atoms with E-state index in [9.17, 15) is 9.18 Å². The zero-order chi connectivity index (χ0) is 20.1. The number of carbonyl (C=O) groups is 1. The van der Waals surface area contributed by atoms with Crippen molar-refractivity contribution in [3.8, 4) is 11.5 Å². The lowest BCUT2D eigenvalue weighted by Crippen LogP contribution is -2.25. The van der Waals surface area contributed by atoms with Crippen molar-refractivity contribution in [2.24, 2.45) is 0 Å². The number of hydrogen-bond acceptors (Lipinski definition) is 5. The van der Waals surface area contributed by atoms with E-state index in [1.54, 1.807) is 24.3 Å². The molecule has 0 fully saturated rings. The van der Waals surface area contributed by atoms with Crippen LogP contribution in [0.15, 0.2) is 60.8 Å². The Kier molecular flexibility index (Phi) is 5.56. The Morgan fingerprint density at radius 1 is 1.00 bits per heavy atom. The number of rotatable bonds is 6. The summed E-state index contributed by atoms with van der Waals surface area (Å²) in [6, 6.07) is 15.3. The van der Waals surface area contributed by atoms with Gasteiger partial charge in [0, 0.05) is 24.5 Å². The van der Waals surface area contributed by atoms with E-state index < -0.39 is 0 Å². The fourth-order valence-electron chi connectivity index (χ4n) is 2.94. The molecule has 29 heavy (non-hydrogen) atoms. The molecule has 0 bridgehead atoms. The molecule has 0 saturated heterocycles. The van der Waals surface area contributed by atoms with E-state index in [2.05, 4.69) is 15.6 Å². The maximum Gasteiger partial charge on any atom is 0.252 e. The minimum Gasteiger partial charge on any atom is -0.486 e. The lowest BCUT2D eigenvalue weighted by atomic mass is 10.1. The standard InChI is InChI=1S/C22H20FN3O3/c23-17-4-1-15(2-5-17)9-10-24-22(27)16-3-8-21(25-14-16)26-18-6-7-19-20(13-18)29-12-11-28-19/h1-8,13-14H,9-12H2,(H,24,27)(H,25,26). The van der Waals surface area contributed by atoms with Gasteiger partial charge in [0.05, 0.1) is 5.56 Å². The summed E-state index contributed by atoms with van der Waals surface area (Å²) in [5.74, 6) is 1.56. The van der Waals surface area contributed by atoms with Crippen LogP contribution in [0.5, 0.6) is 11.5 Å². The first kappa shape index (κ1) is 18.7. The molecule has 0 unspecified atom stereocenters. The molecule has 0 spiro atoms. The van der Waals surface area contributed by atoms with Gasteiger partial charge in [-0.05, 0) is 48.4 Å². The van der Waals surface area contributed by atoms with Crippen molar-refractivity contribution in [3.63, 3.8) is 0 Å². The van der Waals surface area contributed by atoms with Gasteiger partial charge < -0.3 is 20.1 Å². The first-order valence-electron chi connectivity index (χ1n) is 9.33. The Labute approximate surface area is 167 Å². The summed E-state index contributed by atoms with van der Waals surface area (Å²) < 4.78 is 24.0. The van der Waals surface area contributed by atoms with Crippen molar-refractivity contribution in [3.05, 3.63) is 77.7 Å². The van der Waals surface area contributed by atoms with Crippen LogP contribution in [0.2, 0.25) is 0 Å². The highest BCUT2D eigenvalue weighted by atomic mass is 19.1. The number of aromatic nitrogens is 1. The first-order valence-corrected chi connectivity index (χ1v) is 9.33. The number of hydrogen-bond donors (Lipinski definition) is 2. The molecular formula is C22H20FN3O3. The molecule has 1 aromatic heterocycles. The van der Waals surface area contributed by atoms with E-state index in [0.29, 0.717) is 43.3 Å². The number of nitrogens with zero attached hydrogens (tertiary/aromatic N) is 1. The van der Waals surface area contributed by atoms with Crippen LogP contribution in [-0.2, 0) is 6.42 Å². The summed E-state index contributed by atoms with van der Waals surface area (Å²) in [4.78, 5) is 16.6. The highest BCUT2D eigenvalue weighted by Crippen LogP contribution is 2.33. The summed E-state index contributed by atoms with van der Waals surface area (Å²) in [6.07, 6.45) is 2.15. The Bertz CT molecular complexity index is 991. The number of pyridine rings is 1. The fourth-order valence-corrected chi connectivity index (χ4v) is 2.94. The molecule has 0 saturated carbocycles. The number of nitrogens with one attached hydrogen (secondary N) is 2. The summed E-state index contributed by atoms with van der Waals surface area (Å²) in [5.41, 5.74) is 2.25. The van der Waals surface area contributed by atoms with Gasteiger partial charge in [-0.25, -0.2) is 9.37 Å². The first-order chi connectivity index (χ1) is 14.2. The van der Waals surface area contributed by atoms with Crippen LogP contribution >= 0.6 is 0 Å². The van der Waals surface area contributed by atoms with Gasteiger partial charge in [0.2, 0.25) is 0 Å². The van der Waals surface area contributed by atoms with Gasteiger partial charge >= 0.3 is 0 Å². The molecule has 1 aliphatic heterocycles. The minimum atomic E-state index is -0.270. The molecule has 2 heterocycles. The lowest BCUT2D eigenvalue weighted by Gasteiger charge is -2.19. The normalized spacial score (nSPS) is 12.3. The molecule has 2 N–H and O–H groups in total. The highest BCUT2D eigenvalue weighted by molar-refractivity contribution is 5.94. The molecule has 1 amide bonds. The summed E-state index contributed by atoms with van der Waals surface area (Å²) in [5, 5.41) is 6.02. The lowest BCUT2D eigenvalue weighted by molar-refractivity contribution is 0.0954. The van der Waals surface area contributed by atoms with Crippen molar-refractivity contribution in [1.29, 1.82) is 0 Å². The third-order valence-electron chi connectivity index (χ3n) is 4.45. The average molecular weight is 393 g/mol. The van der Waals surface area contributed by atoms with Crippen LogP contribution in [0, 0.1) is 5.82 Å². The molecule has 0 atom stereocenters. The molecule has 0 radical (unpaired) electrons. The SMILES string of the molecule is O=C(NCCc1ccc(F)cc1)c1ccc(Nc2ccc3c(c2)OCCO3)nc1. The highest BCUT2D eigenvalue weighted by Gasteiger charge is 2.12. The van der Waals surface area contributed by atoms with E-state index in [4.69, 9.17) is 9.47 Å². The maximum absolute atomic E-state index is 12.9. The molecule has 7 heteroatoms. The van der Waals surface area contributed by atoms with Gasteiger partial charge in [0.15, 0.2) is 11.5 Å². The summed E-state index contributed by atoms with van der Waals surface area (Å²) in [7, 11) is 0. The number of ether oxygens (including phenoxy) is 2. The van der Waals surface area contributed by atoms with Gasteiger partial charge in [-0.15, -0.1) is 0 Å². The second-order valence-electron chi connectivity index (χ2n) is 6.55. The third-order valence-corrected chi connectivity index (χ3v) is 4.45. The number of fused-ring (bicyclic) bond motifs is 1. The van der Waals surface area contributed by atoms with Gasteiger partial charge in [-0.2, -0.15) is 0 Å². The largest absolute Gasteiger partial charge is 0.486 e. The predicted octanol–water partition coefficient (Wildman–Crippen LogP) is 3.71. The van der Waals surface area contributed by atoms with E-state index in [1.807, 2.05) is 18.2 Å². The van der Waals surface area contributed by atoms with Gasteiger partial charge in [-0.1, -0.05) is 12.1 Å². The van der Waals surface area contributed by atoms with Gasteiger partial charge in [0.25, 0.3) is 5.91 Å². The number of halogens is 1. The molecule has 4 rings (SSSR count). The molecule has 0 aliphatic carbocycles. The molecule has 2 aromatic carbocycles. The molecule has 6 nitrogen and oxygen atoms in total. The van der Waals surface area contributed by atoms with Crippen LogP contribution < -0.4 is 20.1 Å². The summed E-state index contributed by atoms with van der Waals surface area (Å²) >= 11 is 0. The van der Waals surface area contributed by atoms with Crippen LogP contribution in [0.3, 0.4) is 0 Å². The fraction of sp³-hybridized carbons (Fsp3) is 0.182. The molecule has 3 aromatic rings. The number of anilines is 2. The zero-order valence-corrected chi connectivity index (χ0v) is 15.7. The number of carbonyl (C=O) groups excluding carboxylic acids is 1. The van der Waals surface area contributed by atoms with Gasteiger partial charge in [0.1, 0.15) is 24.8 Å². The predicted molar refractivity (Wildman–Crippen MR) is 107 cm³/mol. The summed E-state index contributed by atoms with van der Waals surface area (Å²) in [6.45, 7) is 1.54. The smallest absolute Gasteiger partial charge is 0.252 e. The van der Waals surface area contributed by atoms with Crippen molar-refractivity contribution in [1.82, 2.24) is 10.3 Å². The van der Waals surface area contributed by atoms with E-state index >= 15 is 0 Å². The number of amides is 1. The van der Waals surface area contributed by atoms with Crippen molar-refractivity contribution in [2.75, 3.05) is 25.1 Å². The van der Waals surface area contributed by atoms with Crippen molar-refractivity contribution in [2.45, 2.75) is 6.42 Å². The Hall–Kier alpha value is -3.61. The quantitative estimate of drug-likeness (QED) is 0.668. The van der Waals surface area contributed by atoms with Crippen molar-refractivity contribution < 1.29 is 18.7 Å². The van der Waals surface area contributed by atoms with Crippen LogP contribution in [0.25, 0.3) is 0 Å². The van der Waals surface area contributed by atoms with E-state index in [0.717, 1.165) is 17.0 Å². The van der Waals surface area contributed by atoms with E-state index in [1.165, 1.54) is 18.3 Å². The molecule has 148 valence electrons. The zero-order valence-electron chi connectivity index (χ0n) is 15.7. The van der Waals surface area contributed by atoms with E-state index in [-0.39, 0.29) is 11.7 Å². The van der Waals surface area contributed by atoms with Crippen molar-refractivity contribution >= 4 is 17.4 Å². The molecule has 1 aliphatic rings.